The highest BCUT2D eigenvalue weighted by molar-refractivity contribution is 6.32. The van der Waals surface area contributed by atoms with Crippen LogP contribution in [0.1, 0.15) is 15.9 Å². The Balaban J connectivity index is 2.04. The van der Waals surface area contributed by atoms with E-state index in [1.807, 2.05) is 6.92 Å². The van der Waals surface area contributed by atoms with Crippen molar-refractivity contribution in [3.63, 3.8) is 0 Å². The molecule has 6 heteroatoms. The van der Waals surface area contributed by atoms with E-state index in [9.17, 15) is 9.59 Å². The molecule has 0 saturated carbocycles. The lowest BCUT2D eigenvalue weighted by atomic mass is 10.1. The lowest BCUT2D eigenvalue weighted by Crippen LogP contribution is -2.23. The van der Waals surface area contributed by atoms with Gasteiger partial charge in [0.05, 0.1) is 5.02 Å². The van der Waals surface area contributed by atoms with E-state index in [2.05, 4.69) is 5.32 Å². The first-order chi connectivity index (χ1) is 11.4. The van der Waals surface area contributed by atoms with Crippen LogP contribution in [0.15, 0.2) is 42.5 Å². The number of amides is 2. The van der Waals surface area contributed by atoms with Crippen molar-refractivity contribution in [3.05, 3.63) is 58.6 Å². The normalized spacial score (nSPS) is 10.2. The number of hydrogen-bond donors (Lipinski definition) is 1. The van der Waals surface area contributed by atoms with Crippen LogP contribution < -0.4 is 10.1 Å². The van der Waals surface area contributed by atoms with Crippen LogP contribution in [0.4, 0.5) is 5.69 Å². The second kappa shape index (κ2) is 7.84. The first-order valence-electron chi connectivity index (χ1n) is 7.38. The third-order valence-electron chi connectivity index (χ3n) is 3.36. The number of halogens is 1. The second-order valence-electron chi connectivity index (χ2n) is 5.50. The monoisotopic (exact) mass is 346 g/mol. The number of nitrogens with one attached hydrogen (secondary N) is 1. The number of carbonyl (C=O) groups is 2. The molecule has 0 aromatic heterocycles. The summed E-state index contributed by atoms with van der Waals surface area (Å²) in [5, 5.41) is 3.20. The summed E-state index contributed by atoms with van der Waals surface area (Å²) in [5.41, 5.74) is 1.94. The molecular weight excluding hydrogens is 328 g/mol. The van der Waals surface area contributed by atoms with Gasteiger partial charge in [-0.3, -0.25) is 9.59 Å². The van der Waals surface area contributed by atoms with Crippen molar-refractivity contribution >= 4 is 29.1 Å². The van der Waals surface area contributed by atoms with Crippen molar-refractivity contribution < 1.29 is 14.3 Å². The van der Waals surface area contributed by atoms with Crippen molar-refractivity contribution in [2.24, 2.45) is 0 Å². The van der Waals surface area contributed by atoms with Crippen LogP contribution in [0.2, 0.25) is 5.02 Å². The van der Waals surface area contributed by atoms with Gasteiger partial charge in [-0.1, -0.05) is 29.8 Å². The molecule has 0 bridgehead atoms. The van der Waals surface area contributed by atoms with Gasteiger partial charge in [-0.2, -0.15) is 0 Å². The van der Waals surface area contributed by atoms with E-state index >= 15 is 0 Å². The van der Waals surface area contributed by atoms with Crippen molar-refractivity contribution in [2.75, 3.05) is 26.0 Å². The van der Waals surface area contributed by atoms with Crippen LogP contribution in [-0.2, 0) is 4.79 Å². The quantitative estimate of drug-likeness (QED) is 0.903. The van der Waals surface area contributed by atoms with Crippen molar-refractivity contribution in [1.82, 2.24) is 4.90 Å². The van der Waals surface area contributed by atoms with Gasteiger partial charge in [0.1, 0.15) is 5.75 Å². The van der Waals surface area contributed by atoms with Crippen LogP contribution in [0, 0.1) is 6.92 Å². The number of ether oxygens (including phenoxy) is 1. The van der Waals surface area contributed by atoms with Gasteiger partial charge in [0.15, 0.2) is 6.61 Å². The summed E-state index contributed by atoms with van der Waals surface area (Å²) < 4.78 is 5.41. The van der Waals surface area contributed by atoms with Crippen LogP contribution in [-0.4, -0.2) is 37.4 Å². The topological polar surface area (TPSA) is 58.6 Å². The van der Waals surface area contributed by atoms with Gasteiger partial charge in [-0.15, -0.1) is 0 Å². The molecule has 0 atom stereocenters. The summed E-state index contributed by atoms with van der Waals surface area (Å²) in [6, 6.07) is 12.1. The number of nitrogens with zero attached hydrogens (tertiary/aromatic N) is 1. The molecule has 2 amide bonds. The maximum absolute atomic E-state index is 12.1. The van der Waals surface area contributed by atoms with Gasteiger partial charge in [0.25, 0.3) is 11.8 Å². The van der Waals surface area contributed by atoms with E-state index in [0.29, 0.717) is 22.0 Å². The Morgan fingerprint density at radius 1 is 1.17 bits per heavy atom. The van der Waals surface area contributed by atoms with Crippen LogP contribution in [0.5, 0.6) is 5.75 Å². The van der Waals surface area contributed by atoms with Crippen LogP contribution in [0.25, 0.3) is 0 Å². The molecule has 0 spiro atoms. The lowest BCUT2D eigenvalue weighted by Gasteiger charge is -2.14. The summed E-state index contributed by atoms with van der Waals surface area (Å²) in [6.07, 6.45) is 0. The SMILES string of the molecule is Cc1ccc(C(=O)N(C)C)cc1NC(=O)COc1ccccc1Cl. The molecule has 24 heavy (non-hydrogen) atoms. The van der Waals surface area contributed by atoms with Crippen LogP contribution >= 0.6 is 11.6 Å². The predicted molar refractivity (Wildman–Crippen MR) is 94.8 cm³/mol. The first kappa shape index (κ1) is 17.8. The molecule has 2 aromatic carbocycles. The molecule has 0 saturated heterocycles. The molecule has 2 rings (SSSR count). The Morgan fingerprint density at radius 2 is 1.88 bits per heavy atom. The lowest BCUT2D eigenvalue weighted by molar-refractivity contribution is -0.118. The highest BCUT2D eigenvalue weighted by Crippen LogP contribution is 2.23. The Bertz CT molecular complexity index is 760. The average molecular weight is 347 g/mol. The molecule has 126 valence electrons. The summed E-state index contributed by atoms with van der Waals surface area (Å²) in [5.74, 6) is -0.00661. The van der Waals surface area contributed by atoms with E-state index in [4.69, 9.17) is 16.3 Å². The van der Waals surface area contributed by atoms with Gasteiger partial charge in [-0.25, -0.2) is 0 Å². The molecule has 0 fully saturated rings. The Kier molecular flexibility index (Phi) is 5.82. The number of rotatable bonds is 5. The third kappa shape index (κ3) is 4.49. The number of hydrogen-bond acceptors (Lipinski definition) is 3. The highest BCUT2D eigenvalue weighted by atomic mass is 35.5. The maximum Gasteiger partial charge on any atom is 0.262 e. The molecule has 0 aliphatic heterocycles. The molecule has 0 radical (unpaired) electrons. The zero-order valence-corrected chi connectivity index (χ0v) is 14.6. The Hall–Kier alpha value is -2.53. The van der Waals surface area contributed by atoms with Crippen molar-refractivity contribution in [2.45, 2.75) is 6.92 Å². The minimum atomic E-state index is -0.326. The van der Waals surface area contributed by atoms with Gasteiger partial charge in [-0.05, 0) is 36.8 Å². The highest BCUT2D eigenvalue weighted by Gasteiger charge is 2.12. The van der Waals surface area contributed by atoms with Gasteiger partial charge in [0, 0.05) is 25.3 Å². The molecule has 0 unspecified atom stereocenters. The number of para-hydroxylation sites is 1. The van der Waals surface area contributed by atoms with E-state index in [0.717, 1.165) is 5.56 Å². The van der Waals surface area contributed by atoms with Gasteiger partial charge < -0.3 is 15.0 Å². The molecule has 2 aromatic rings. The van der Waals surface area contributed by atoms with Crippen molar-refractivity contribution in [1.29, 1.82) is 0 Å². The predicted octanol–water partition coefficient (Wildman–Crippen LogP) is 3.37. The largest absolute Gasteiger partial charge is 0.482 e. The fourth-order valence-electron chi connectivity index (χ4n) is 2.04. The summed E-state index contributed by atoms with van der Waals surface area (Å²) in [6.45, 7) is 1.68. The molecular formula is C18H19ClN2O3. The fraction of sp³-hybridized carbons (Fsp3) is 0.222. The van der Waals surface area contributed by atoms with E-state index in [-0.39, 0.29) is 18.4 Å². The van der Waals surface area contributed by atoms with E-state index in [1.165, 1.54) is 4.90 Å². The zero-order chi connectivity index (χ0) is 17.7. The minimum Gasteiger partial charge on any atom is -0.482 e. The minimum absolute atomic E-state index is 0.127. The Morgan fingerprint density at radius 3 is 2.54 bits per heavy atom. The van der Waals surface area contributed by atoms with E-state index in [1.54, 1.807) is 56.6 Å². The van der Waals surface area contributed by atoms with E-state index < -0.39 is 0 Å². The third-order valence-corrected chi connectivity index (χ3v) is 3.67. The number of anilines is 1. The molecule has 0 heterocycles. The molecule has 5 nitrogen and oxygen atoms in total. The molecule has 1 N–H and O–H groups in total. The molecule has 0 aliphatic carbocycles. The number of benzene rings is 2. The summed E-state index contributed by atoms with van der Waals surface area (Å²) in [7, 11) is 3.36. The van der Waals surface area contributed by atoms with Crippen LogP contribution in [0.3, 0.4) is 0 Å². The fourth-order valence-corrected chi connectivity index (χ4v) is 2.23. The van der Waals surface area contributed by atoms with Gasteiger partial charge >= 0.3 is 0 Å². The average Bonchev–Trinajstić information content (AvgIpc) is 2.55. The zero-order valence-electron chi connectivity index (χ0n) is 13.8. The smallest absolute Gasteiger partial charge is 0.262 e. The molecule has 0 aliphatic rings. The number of carbonyl (C=O) groups excluding carboxylic acids is 2. The Labute approximate surface area is 146 Å². The second-order valence-corrected chi connectivity index (χ2v) is 5.90. The summed E-state index contributed by atoms with van der Waals surface area (Å²) in [4.78, 5) is 25.6. The van der Waals surface area contributed by atoms with Gasteiger partial charge in [0.2, 0.25) is 0 Å². The first-order valence-corrected chi connectivity index (χ1v) is 7.75. The maximum atomic E-state index is 12.1. The standard InChI is InChI=1S/C18H19ClN2O3/c1-12-8-9-13(18(23)21(2)3)10-15(12)20-17(22)11-24-16-7-5-4-6-14(16)19/h4-10H,11H2,1-3H3,(H,20,22). The number of aryl methyl sites for hydroxylation is 1. The van der Waals surface area contributed by atoms with Crippen molar-refractivity contribution in [3.8, 4) is 5.75 Å². The summed E-state index contributed by atoms with van der Waals surface area (Å²) >= 11 is 5.98.